The van der Waals surface area contributed by atoms with Crippen molar-refractivity contribution >= 4 is 24.2 Å². The molecule has 0 spiro atoms. The largest absolute Gasteiger partial charge is 0.434 e. The summed E-state index contributed by atoms with van der Waals surface area (Å²) >= 11 is 0. The number of benzene rings is 1. The Morgan fingerprint density at radius 1 is 1.25 bits per heavy atom. The van der Waals surface area contributed by atoms with Crippen molar-refractivity contribution in [2.45, 2.75) is 32.4 Å². The Bertz CT molecular complexity index is 692. The Morgan fingerprint density at radius 2 is 2.00 bits per heavy atom. The molecule has 6 nitrogen and oxygen atoms in total. The van der Waals surface area contributed by atoms with E-state index in [1.165, 1.54) is 12.1 Å². The van der Waals surface area contributed by atoms with Crippen LogP contribution in [-0.4, -0.2) is 67.0 Å². The molecule has 0 bridgehead atoms. The van der Waals surface area contributed by atoms with E-state index in [0.717, 1.165) is 19.5 Å². The van der Waals surface area contributed by atoms with Crippen LogP contribution in [0.2, 0.25) is 0 Å². The molecule has 2 fully saturated rings. The van der Waals surface area contributed by atoms with Gasteiger partial charge in [-0.25, -0.2) is 0 Å². The number of carbonyl (C=O) groups is 2. The minimum atomic E-state index is -3.00. The fraction of sp³-hybridized carbons (Fsp3) is 0.579. The first-order valence-corrected chi connectivity index (χ1v) is 9.31. The van der Waals surface area contributed by atoms with Crippen molar-refractivity contribution in [2.75, 3.05) is 32.7 Å². The molecule has 1 aromatic carbocycles. The second kappa shape index (κ2) is 10.0. The molecule has 2 heterocycles. The summed E-state index contributed by atoms with van der Waals surface area (Å²) in [5.74, 6) is -0.705. The minimum absolute atomic E-state index is 0. The molecular weight excluding hydrogens is 392 g/mol. The molecule has 1 N–H and O–H groups in total. The van der Waals surface area contributed by atoms with Crippen molar-refractivity contribution in [2.24, 2.45) is 5.92 Å². The standard InChI is InChI=1S/C19H25F2N3O3.ClH/c1-13-11-22-8-10-24(13)17(25)14-5-4-9-23(12-14)18(26)15-6-2-3-7-16(15)27-19(20)21;/h2-3,6-7,13-14,19,22H,4-5,8-12H2,1H3;1H/t13-,14?;/m1./s1. The van der Waals surface area contributed by atoms with Crippen molar-refractivity contribution in [3.63, 3.8) is 0 Å². The minimum Gasteiger partial charge on any atom is -0.434 e. The number of rotatable bonds is 4. The van der Waals surface area contributed by atoms with Gasteiger partial charge in [0.25, 0.3) is 5.91 Å². The number of hydrogen-bond acceptors (Lipinski definition) is 4. The molecule has 2 aliphatic rings. The number of piperazine rings is 1. The number of hydrogen-bond donors (Lipinski definition) is 1. The van der Waals surface area contributed by atoms with E-state index in [1.54, 1.807) is 17.0 Å². The van der Waals surface area contributed by atoms with E-state index in [2.05, 4.69) is 10.1 Å². The van der Waals surface area contributed by atoms with Gasteiger partial charge in [0.2, 0.25) is 5.91 Å². The summed E-state index contributed by atoms with van der Waals surface area (Å²) in [6.07, 6.45) is 1.44. The Balaban J connectivity index is 0.00000280. The Hall–Kier alpha value is -1.93. The maximum Gasteiger partial charge on any atom is 0.387 e. The highest BCUT2D eigenvalue weighted by Crippen LogP contribution is 2.26. The lowest BCUT2D eigenvalue weighted by molar-refractivity contribution is -0.139. The molecule has 0 radical (unpaired) electrons. The van der Waals surface area contributed by atoms with Gasteiger partial charge < -0.3 is 19.9 Å². The molecule has 2 aliphatic heterocycles. The van der Waals surface area contributed by atoms with E-state index in [9.17, 15) is 18.4 Å². The second-order valence-electron chi connectivity index (χ2n) is 7.05. The topological polar surface area (TPSA) is 61.9 Å². The van der Waals surface area contributed by atoms with Crippen LogP contribution in [0.5, 0.6) is 5.75 Å². The highest BCUT2D eigenvalue weighted by Gasteiger charge is 2.34. The summed E-state index contributed by atoms with van der Waals surface area (Å²) < 4.78 is 29.7. The molecule has 1 unspecified atom stereocenters. The number of amides is 2. The van der Waals surface area contributed by atoms with Crippen LogP contribution in [0.4, 0.5) is 8.78 Å². The normalized spacial score (nSPS) is 22.6. The summed E-state index contributed by atoms with van der Waals surface area (Å²) in [6, 6.07) is 6.11. The summed E-state index contributed by atoms with van der Waals surface area (Å²) in [6.45, 7) is 2.01. The molecule has 0 aromatic heterocycles. The van der Waals surface area contributed by atoms with Gasteiger partial charge in [-0.1, -0.05) is 12.1 Å². The molecule has 2 saturated heterocycles. The average Bonchev–Trinajstić information content (AvgIpc) is 2.67. The Labute approximate surface area is 169 Å². The summed E-state index contributed by atoms with van der Waals surface area (Å²) in [4.78, 5) is 29.2. The first-order valence-electron chi connectivity index (χ1n) is 9.31. The summed E-state index contributed by atoms with van der Waals surface area (Å²) in [5.41, 5.74) is 0.0986. The van der Waals surface area contributed by atoms with Gasteiger partial charge in [-0.2, -0.15) is 8.78 Å². The lowest BCUT2D eigenvalue weighted by Gasteiger charge is -2.39. The number of likely N-dealkylation sites (tertiary alicyclic amines) is 1. The van der Waals surface area contributed by atoms with Gasteiger partial charge in [0, 0.05) is 38.8 Å². The van der Waals surface area contributed by atoms with Gasteiger partial charge in [0.05, 0.1) is 11.5 Å². The van der Waals surface area contributed by atoms with Gasteiger partial charge in [0.15, 0.2) is 0 Å². The van der Waals surface area contributed by atoms with E-state index >= 15 is 0 Å². The number of piperidine rings is 1. The first-order chi connectivity index (χ1) is 13.0. The van der Waals surface area contributed by atoms with E-state index in [0.29, 0.717) is 26.1 Å². The molecule has 156 valence electrons. The van der Waals surface area contributed by atoms with Crippen molar-refractivity contribution < 1.29 is 23.1 Å². The van der Waals surface area contributed by atoms with Gasteiger partial charge in [0.1, 0.15) is 5.75 Å². The third kappa shape index (κ3) is 5.11. The quantitative estimate of drug-likeness (QED) is 0.817. The number of nitrogens with zero attached hydrogens (tertiary/aromatic N) is 2. The molecule has 2 atom stereocenters. The highest BCUT2D eigenvalue weighted by molar-refractivity contribution is 5.97. The fourth-order valence-corrected chi connectivity index (χ4v) is 3.78. The molecule has 9 heteroatoms. The SMILES string of the molecule is C[C@@H]1CNCCN1C(=O)C1CCCN(C(=O)c2ccccc2OC(F)F)C1.Cl. The second-order valence-corrected chi connectivity index (χ2v) is 7.05. The number of nitrogens with one attached hydrogen (secondary N) is 1. The van der Waals surface area contributed by atoms with Crippen molar-refractivity contribution in [3.05, 3.63) is 29.8 Å². The summed E-state index contributed by atoms with van der Waals surface area (Å²) in [5, 5.41) is 3.26. The van der Waals surface area contributed by atoms with Crippen molar-refractivity contribution in [3.8, 4) is 5.75 Å². The van der Waals surface area contributed by atoms with Crippen LogP contribution in [0.25, 0.3) is 0 Å². The molecular formula is C19H26ClF2N3O3. The smallest absolute Gasteiger partial charge is 0.387 e. The van der Waals surface area contributed by atoms with Crippen molar-refractivity contribution in [1.82, 2.24) is 15.1 Å². The molecule has 3 rings (SSSR count). The Morgan fingerprint density at radius 3 is 2.71 bits per heavy atom. The predicted octanol–water partition coefficient (Wildman–Crippen LogP) is 2.38. The lowest BCUT2D eigenvalue weighted by atomic mass is 9.95. The van der Waals surface area contributed by atoms with Crippen LogP contribution in [-0.2, 0) is 4.79 Å². The number of carbonyl (C=O) groups excluding carboxylic acids is 2. The molecule has 1 aromatic rings. The molecule has 0 aliphatic carbocycles. The lowest BCUT2D eigenvalue weighted by Crippen LogP contribution is -2.55. The van der Waals surface area contributed by atoms with E-state index in [4.69, 9.17) is 0 Å². The third-order valence-electron chi connectivity index (χ3n) is 5.18. The zero-order chi connectivity index (χ0) is 19.4. The predicted molar refractivity (Wildman–Crippen MR) is 103 cm³/mol. The van der Waals surface area contributed by atoms with Gasteiger partial charge >= 0.3 is 6.61 Å². The average molecular weight is 418 g/mol. The first kappa shape index (κ1) is 22.4. The van der Waals surface area contributed by atoms with Gasteiger partial charge in [-0.05, 0) is 31.9 Å². The van der Waals surface area contributed by atoms with E-state index in [1.807, 2.05) is 11.8 Å². The van der Waals surface area contributed by atoms with Gasteiger partial charge in [-0.15, -0.1) is 12.4 Å². The highest BCUT2D eigenvalue weighted by atomic mass is 35.5. The van der Waals surface area contributed by atoms with Crippen molar-refractivity contribution in [1.29, 1.82) is 0 Å². The Kier molecular flexibility index (Phi) is 8.00. The zero-order valence-corrected chi connectivity index (χ0v) is 16.6. The number of alkyl halides is 2. The molecule has 28 heavy (non-hydrogen) atoms. The van der Waals surface area contributed by atoms with Crippen LogP contribution in [0.1, 0.15) is 30.1 Å². The van der Waals surface area contributed by atoms with Crippen LogP contribution in [0.15, 0.2) is 24.3 Å². The maximum atomic E-state index is 12.9. The molecule has 2 amide bonds. The third-order valence-corrected chi connectivity index (χ3v) is 5.18. The number of para-hydroxylation sites is 1. The fourth-order valence-electron chi connectivity index (χ4n) is 3.78. The van der Waals surface area contributed by atoms with E-state index in [-0.39, 0.29) is 47.5 Å². The van der Waals surface area contributed by atoms with Gasteiger partial charge in [-0.3, -0.25) is 9.59 Å². The number of halogens is 3. The zero-order valence-electron chi connectivity index (χ0n) is 15.8. The monoisotopic (exact) mass is 417 g/mol. The van der Waals surface area contributed by atoms with Crippen LogP contribution in [0, 0.1) is 5.92 Å². The van der Waals surface area contributed by atoms with Crippen LogP contribution in [0.3, 0.4) is 0 Å². The summed E-state index contributed by atoms with van der Waals surface area (Å²) in [7, 11) is 0. The maximum absolute atomic E-state index is 12.9. The number of ether oxygens (including phenoxy) is 1. The van der Waals surface area contributed by atoms with Crippen LogP contribution >= 0.6 is 12.4 Å². The molecule has 0 saturated carbocycles. The van der Waals surface area contributed by atoms with E-state index < -0.39 is 6.61 Å². The van der Waals surface area contributed by atoms with Crippen LogP contribution < -0.4 is 10.1 Å².